The maximum absolute atomic E-state index is 12.9. The van der Waals surface area contributed by atoms with E-state index in [-0.39, 0.29) is 0 Å². The molecule has 0 unspecified atom stereocenters. The van der Waals surface area contributed by atoms with Gasteiger partial charge >= 0.3 is 6.18 Å². The molecule has 0 radical (unpaired) electrons. The number of benzene rings is 1. The first-order valence-corrected chi connectivity index (χ1v) is 8.99. The maximum Gasteiger partial charge on any atom is 0.416 e. The van der Waals surface area contributed by atoms with E-state index in [1.54, 1.807) is 6.20 Å². The molecule has 25 heavy (non-hydrogen) atoms. The van der Waals surface area contributed by atoms with Gasteiger partial charge in [0.05, 0.1) is 11.1 Å². The quantitative estimate of drug-likeness (QED) is 0.853. The highest BCUT2D eigenvalue weighted by molar-refractivity contribution is 5.91. The van der Waals surface area contributed by atoms with E-state index in [0.717, 1.165) is 49.1 Å². The molecule has 2 aliphatic rings. The summed E-state index contributed by atoms with van der Waals surface area (Å²) >= 11 is 0. The number of piperidine rings is 2. The molecule has 4 rings (SSSR count). The molecule has 0 spiro atoms. The molecule has 2 fully saturated rings. The average Bonchev–Trinajstić information content (AvgIpc) is 2.61. The van der Waals surface area contributed by atoms with Gasteiger partial charge in [-0.2, -0.15) is 13.2 Å². The fourth-order valence-electron chi connectivity index (χ4n) is 4.28. The van der Waals surface area contributed by atoms with E-state index >= 15 is 0 Å². The van der Waals surface area contributed by atoms with Gasteiger partial charge in [-0.15, -0.1) is 0 Å². The lowest BCUT2D eigenvalue weighted by Gasteiger charge is -2.44. The van der Waals surface area contributed by atoms with Crippen molar-refractivity contribution in [2.45, 2.75) is 50.4 Å². The third-order valence-electron chi connectivity index (χ3n) is 5.50. The van der Waals surface area contributed by atoms with Gasteiger partial charge in [-0.25, -0.2) is 0 Å². The van der Waals surface area contributed by atoms with Crippen molar-refractivity contribution >= 4 is 16.6 Å². The topological polar surface area (TPSA) is 28.2 Å². The van der Waals surface area contributed by atoms with Crippen LogP contribution in [-0.4, -0.2) is 35.1 Å². The number of nitrogens with zero attached hydrogens (tertiary/aromatic N) is 2. The van der Waals surface area contributed by atoms with E-state index in [1.165, 1.54) is 25.3 Å². The molecule has 0 aliphatic carbocycles. The number of halogens is 3. The van der Waals surface area contributed by atoms with E-state index in [0.29, 0.717) is 17.6 Å². The Morgan fingerprint density at radius 1 is 1.04 bits per heavy atom. The van der Waals surface area contributed by atoms with E-state index in [9.17, 15) is 13.2 Å². The van der Waals surface area contributed by atoms with Crippen LogP contribution < -0.4 is 5.32 Å². The molecule has 0 bridgehead atoms. The summed E-state index contributed by atoms with van der Waals surface area (Å²) in [6, 6.07) is 6.56. The highest BCUT2D eigenvalue weighted by Crippen LogP contribution is 2.34. The van der Waals surface area contributed by atoms with Crippen LogP contribution in [0.3, 0.4) is 0 Å². The smallest absolute Gasteiger partial charge is 0.380 e. The van der Waals surface area contributed by atoms with Gasteiger partial charge < -0.3 is 5.32 Å². The summed E-state index contributed by atoms with van der Waals surface area (Å²) in [7, 11) is 0. The summed E-state index contributed by atoms with van der Waals surface area (Å²) in [4.78, 5) is 6.71. The highest BCUT2D eigenvalue weighted by Gasteiger charge is 2.33. The Kier molecular flexibility index (Phi) is 4.31. The van der Waals surface area contributed by atoms with Crippen LogP contribution in [0.25, 0.3) is 10.9 Å². The van der Waals surface area contributed by atoms with Crippen molar-refractivity contribution in [1.29, 1.82) is 0 Å². The Bertz CT molecular complexity index is 757. The lowest BCUT2D eigenvalue weighted by atomic mass is 9.88. The third-order valence-corrected chi connectivity index (χ3v) is 5.50. The number of hydrogen-bond donors (Lipinski definition) is 1. The standard InChI is InChI=1S/C19H22F3N3/c20-19(21,22)13-6-7-14-15(8-9-23-17(14)12-13)24-16-4-3-11-25-10-2-1-5-18(16)25/h6-9,12,16,18H,1-5,10-11H2,(H,23,24)/t16-,18+/m0/s1. The number of nitrogens with one attached hydrogen (secondary N) is 1. The van der Waals surface area contributed by atoms with Crippen LogP contribution in [0, 0.1) is 0 Å². The molecule has 1 aromatic carbocycles. The molecule has 6 heteroatoms. The zero-order valence-electron chi connectivity index (χ0n) is 14.0. The molecular formula is C19H22F3N3. The van der Waals surface area contributed by atoms with Crippen molar-refractivity contribution in [3.63, 3.8) is 0 Å². The molecule has 1 aromatic heterocycles. The van der Waals surface area contributed by atoms with Crippen molar-refractivity contribution in [2.75, 3.05) is 18.4 Å². The number of pyridine rings is 1. The van der Waals surface area contributed by atoms with E-state index < -0.39 is 11.7 Å². The lowest BCUT2D eigenvalue weighted by molar-refractivity contribution is -0.137. The maximum atomic E-state index is 12.9. The van der Waals surface area contributed by atoms with Gasteiger partial charge in [0.1, 0.15) is 0 Å². The van der Waals surface area contributed by atoms with Crippen molar-refractivity contribution in [2.24, 2.45) is 0 Å². The fraction of sp³-hybridized carbons (Fsp3) is 0.526. The lowest BCUT2D eigenvalue weighted by Crippen LogP contribution is -2.53. The Balaban J connectivity index is 1.63. The van der Waals surface area contributed by atoms with Crippen molar-refractivity contribution in [1.82, 2.24) is 9.88 Å². The van der Waals surface area contributed by atoms with Gasteiger partial charge in [0.2, 0.25) is 0 Å². The fourth-order valence-corrected chi connectivity index (χ4v) is 4.28. The van der Waals surface area contributed by atoms with Crippen molar-refractivity contribution in [3.05, 3.63) is 36.0 Å². The molecule has 3 nitrogen and oxygen atoms in total. The summed E-state index contributed by atoms with van der Waals surface area (Å²) in [5.41, 5.74) is 0.619. The molecule has 2 saturated heterocycles. The van der Waals surface area contributed by atoms with Crippen LogP contribution in [-0.2, 0) is 6.18 Å². The first-order valence-electron chi connectivity index (χ1n) is 8.99. The third kappa shape index (κ3) is 3.32. The van der Waals surface area contributed by atoms with Crippen LogP contribution in [0.2, 0.25) is 0 Å². The molecule has 2 atom stereocenters. The van der Waals surface area contributed by atoms with Crippen LogP contribution >= 0.6 is 0 Å². The molecular weight excluding hydrogens is 327 g/mol. The number of rotatable bonds is 2. The molecule has 0 saturated carbocycles. The Labute approximate surface area is 145 Å². The largest absolute Gasteiger partial charge is 0.416 e. The summed E-state index contributed by atoms with van der Waals surface area (Å²) in [5.74, 6) is 0. The molecule has 0 amide bonds. The molecule has 1 N–H and O–H groups in total. The zero-order chi connectivity index (χ0) is 17.4. The highest BCUT2D eigenvalue weighted by atomic mass is 19.4. The first kappa shape index (κ1) is 16.6. The van der Waals surface area contributed by atoms with Gasteiger partial charge in [-0.1, -0.05) is 12.5 Å². The summed E-state index contributed by atoms with van der Waals surface area (Å²) < 4.78 is 38.8. The molecule has 134 valence electrons. The Morgan fingerprint density at radius 2 is 1.88 bits per heavy atom. The van der Waals surface area contributed by atoms with Gasteiger partial charge in [0.15, 0.2) is 0 Å². The minimum absolute atomic E-state index is 0.349. The monoisotopic (exact) mass is 349 g/mol. The second-order valence-corrected chi connectivity index (χ2v) is 7.08. The summed E-state index contributed by atoms with van der Waals surface area (Å²) in [6.45, 7) is 2.32. The summed E-state index contributed by atoms with van der Waals surface area (Å²) in [6.07, 6.45) is 3.23. The van der Waals surface area contributed by atoms with Crippen LogP contribution in [0.5, 0.6) is 0 Å². The van der Waals surface area contributed by atoms with E-state index in [1.807, 2.05) is 6.07 Å². The van der Waals surface area contributed by atoms with Crippen LogP contribution in [0.4, 0.5) is 18.9 Å². The normalized spacial score (nSPS) is 24.9. The van der Waals surface area contributed by atoms with Crippen LogP contribution in [0.15, 0.2) is 30.5 Å². The van der Waals surface area contributed by atoms with Crippen molar-refractivity contribution in [3.8, 4) is 0 Å². The van der Waals surface area contributed by atoms with Gasteiger partial charge in [0, 0.05) is 29.4 Å². The first-order chi connectivity index (χ1) is 12.0. The summed E-state index contributed by atoms with van der Waals surface area (Å²) in [5, 5.41) is 4.37. The number of fused-ring (bicyclic) bond motifs is 2. The van der Waals surface area contributed by atoms with E-state index in [2.05, 4.69) is 15.2 Å². The van der Waals surface area contributed by atoms with Crippen LogP contribution in [0.1, 0.15) is 37.7 Å². The van der Waals surface area contributed by atoms with Gasteiger partial charge in [-0.3, -0.25) is 9.88 Å². The zero-order valence-corrected chi connectivity index (χ0v) is 14.0. The SMILES string of the molecule is FC(F)(F)c1ccc2c(N[C@H]3CCCN4CCCC[C@H]34)ccnc2c1. The number of alkyl halides is 3. The number of aromatic nitrogens is 1. The molecule has 2 aliphatic heterocycles. The Morgan fingerprint density at radius 3 is 2.72 bits per heavy atom. The average molecular weight is 349 g/mol. The predicted octanol–water partition coefficient (Wildman–Crippen LogP) is 4.68. The molecule has 3 heterocycles. The van der Waals surface area contributed by atoms with Gasteiger partial charge in [-0.05, 0) is 57.0 Å². The Hall–Kier alpha value is -1.82. The minimum atomic E-state index is -4.34. The minimum Gasteiger partial charge on any atom is -0.380 e. The van der Waals surface area contributed by atoms with E-state index in [4.69, 9.17) is 0 Å². The molecule has 2 aromatic rings. The predicted molar refractivity (Wildman–Crippen MR) is 92.6 cm³/mol. The number of anilines is 1. The second kappa shape index (κ2) is 6.48. The van der Waals surface area contributed by atoms with Gasteiger partial charge in [0.25, 0.3) is 0 Å². The second-order valence-electron chi connectivity index (χ2n) is 7.08. The number of hydrogen-bond acceptors (Lipinski definition) is 3. The van der Waals surface area contributed by atoms with Crippen molar-refractivity contribution < 1.29 is 13.2 Å².